The zero-order valence-electron chi connectivity index (χ0n) is 6.20. The van der Waals surface area contributed by atoms with E-state index in [1.807, 2.05) is 4.98 Å². The van der Waals surface area contributed by atoms with Crippen molar-refractivity contribution in [2.24, 2.45) is 0 Å². The smallest absolute Gasteiger partial charge is 0.328 e. The quantitative estimate of drug-likeness (QED) is 0.642. The number of aryl methyl sites for hydroxylation is 1. The van der Waals surface area contributed by atoms with Crippen molar-refractivity contribution in [3.8, 4) is 0 Å². The van der Waals surface area contributed by atoms with E-state index in [0.29, 0.717) is 6.20 Å². The second kappa shape index (κ2) is 2.66. The fourth-order valence-corrected chi connectivity index (χ4v) is 0.879. The summed E-state index contributed by atoms with van der Waals surface area (Å²) in [5, 5.41) is 0. The van der Waals surface area contributed by atoms with Gasteiger partial charge in [0.2, 0.25) is 5.56 Å². The maximum absolute atomic E-state index is 12.1. The van der Waals surface area contributed by atoms with Gasteiger partial charge in [0.1, 0.15) is 0 Å². The third-order valence-corrected chi connectivity index (χ3v) is 1.44. The van der Waals surface area contributed by atoms with E-state index in [-0.39, 0.29) is 5.56 Å². The normalized spacial score (nSPS) is 11.7. The first kappa shape index (κ1) is 8.83. The predicted molar refractivity (Wildman–Crippen MR) is 36.8 cm³/mol. The highest BCUT2D eigenvalue weighted by Crippen LogP contribution is 2.29. The van der Waals surface area contributed by atoms with Crippen molar-refractivity contribution in [2.75, 3.05) is 0 Å². The molecule has 0 unspecified atom stereocenters. The largest absolute Gasteiger partial charge is 0.418 e. The summed E-state index contributed by atoms with van der Waals surface area (Å²) in [5.74, 6) is 0. The Morgan fingerprint density at radius 3 is 2.42 bits per heavy atom. The molecule has 0 bridgehead atoms. The van der Waals surface area contributed by atoms with Gasteiger partial charge < -0.3 is 4.98 Å². The Morgan fingerprint density at radius 2 is 2.00 bits per heavy atom. The molecule has 0 amide bonds. The highest BCUT2D eigenvalue weighted by molar-refractivity contribution is 5.24. The lowest BCUT2D eigenvalue weighted by Gasteiger charge is -2.07. The van der Waals surface area contributed by atoms with Crippen molar-refractivity contribution in [3.63, 3.8) is 0 Å². The van der Waals surface area contributed by atoms with E-state index in [0.717, 1.165) is 6.07 Å². The van der Waals surface area contributed by atoms with Gasteiger partial charge in [0.15, 0.2) is 0 Å². The van der Waals surface area contributed by atoms with Crippen LogP contribution in [0.25, 0.3) is 0 Å². The summed E-state index contributed by atoms with van der Waals surface area (Å²) in [6.45, 7) is 1.25. The van der Waals surface area contributed by atoms with Gasteiger partial charge in [-0.2, -0.15) is 13.2 Å². The molecule has 12 heavy (non-hydrogen) atoms. The minimum absolute atomic E-state index is 0.0637. The summed E-state index contributed by atoms with van der Waals surface area (Å²) in [4.78, 5) is 12.5. The minimum Gasteiger partial charge on any atom is -0.328 e. The molecule has 0 spiro atoms. The Labute approximate surface area is 66.0 Å². The van der Waals surface area contributed by atoms with Crippen LogP contribution in [0.15, 0.2) is 17.1 Å². The lowest BCUT2D eigenvalue weighted by atomic mass is 10.1. The second-order valence-electron chi connectivity index (χ2n) is 2.39. The van der Waals surface area contributed by atoms with Crippen molar-refractivity contribution in [2.45, 2.75) is 13.1 Å². The highest BCUT2D eigenvalue weighted by atomic mass is 19.4. The van der Waals surface area contributed by atoms with E-state index in [9.17, 15) is 18.0 Å². The van der Waals surface area contributed by atoms with Crippen LogP contribution >= 0.6 is 0 Å². The molecule has 0 saturated carbocycles. The Kier molecular flexibility index (Phi) is 1.95. The molecule has 0 aliphatic heterocycles. The zero-order chi connectivity index (χ0) is 9.35. The van der Waals surface area contributed by atoms with Crippen LogP contribution in [0.5, 0.6) is 0 Å². The van der Waals surface area contributed by atoms with Crippen molar-refractivity contribution < 1.29 is 13.2 Å². The second-order valence-corrected chi connectivity index (χ2v) is 2.39. The highest BCUT2D eigenvalue weighted by Gasteiger charge is 2.32. The fourth-order valence-electron chi connectivity index (χ4n) is 0.879. The number of aromatic amines is 1. The van der Waals surface area contributed by atoms with Gasteiger partial charge in [0, 0.05) is 12.3 Å². The Morgan fingerprint density at radius 1 is 1.42 bits per heavy atom. The SMILES string of the molecule is Cc1cc(=O)[nH]cc1C(F)(F)F. The molecule has 1 aromatic heterocycles. The van der Waals surface area contributed by atoms with E-state index < -0.39 is 17.3 Å². The van der Waals surface area contributed by atoms with E-state index in [2.05, 4.69) is 0 Å². The summed E-state index contributed by atoms with van der Waals surface area (Å²) in [7, 11) is 0. The molecule has 0 saturated heterocycles. The number of nitrogens with one attached hydrogen (secondary N) is 1. The first-order valence-electron chi connectivity index (χ1n) is 3.18. The van der Waals surface area contributed by atoms with Crippen LogP contribution in [0, 0.1) is 6.92 Å². The third kappa shape index (κ3) is 1.66. The van der Waals surface area contributed by atoms with Gasteiger partial charge in [-0.3, -0.25) is 4.79 Å². The number of pyridine rings is 1. The molecule has 66 valence electrons. The van der Waals surface area contributed by atoms with Crippen LogP contribution in [0.4, 0.5) is 13.2 Å². The number of alkyl halides is 3. The van der Waals surface area contributed by atoms with Crippen LogP contribution in [0.2, 0.25) is 0 Å². The molecule has 1 aromatic rings. The molecule has 0 aliphatic carbocycles. The van der Waals surface area contributed by atoms with E-state index in [4.69, 9.17) is 0 Å². The molecule has 1 N–H and O–H groups in total. The van der Waals surface area contributed by atoms with E-state index >= 15 is 0 Å². The molecule has 2 nitrogen and oxygen atoms in total. The number of halogens is 3. The molecule has 1 heterocycles. The molecule has 0 aromatic carbocycles. The van der Waals surface area contributed by atoms with Crippen molar-refractivity contribution in [1.82, 2.24) is 4.98 Å². The van der Waals surface area contributed by atoms with Gasteiger partial charge in [-0.15, -0.1) is 0 Å². The molecule has 0 aliphatic rings. The lowest BCUT2D eigenvalue weighted by Crippen LogP contribution is -2.13. The predicted octanol–water partition coefficient (Wildman–Crippen LogP) is 1.70. The maximum Gasteiger partial charge on any atom is 0.418 e. The first-order valence-corrected chi connectivity index (χ1v) is 3.18. The number of hydrogen-bond donors (Lipinski definition) is 1. The van der Waals surface area contributed by atoms with Crippen LogP contribution in [0.3, 0.4) is 0 Å². The standard InChI is InChI=1S/C7H6F3NO/c1-4-2-6(12)11-3-5(4)7(8,9)10/h2-3H,1H3,(H,11,12). The van der Waals surface area contributed by atoms with Crippen LogP contribution in [-0.4, -0.2) is 4.98 Å². The molecule has 5 heteroatoms. The summed E-state index contributed by atoms with van der Waals surface area (Å²) in [6, 6.07) is 0.919. The monoisotopic (exact) mass is 177 g/mol. The van der Waals surface area contributed by atoms with Gasteiger partial charge in [-0.25, -0.2) is 0 Å². The Balaban J connectivity index is 3.28. The summed E-state index contributed by atoms with van der Waals surface area (Å²) < 4.78 is 36.2. The lowest BCUT2D eigenvalue weighted by molar-refractivity contribution is -0.138. The van der Waals surface area contributed by atoms with Gasteiger partial charge >= 0.3 is 6.18 Å². The number of aromatic nitrogens is 1. The fraction of sp³-hybridized carbons (Fsp3) is 0.286. The average Bonchev–Trinajstić information content (AvgIpc) is 1.83. The summed E-state index contributed by atoms with van der Waals surface area (Å²) in [6.07, 6.45) is -3.72. The van der Waals surface area contributed by atoms with Crippen molar-refractivity contribution >= 4 is 0 Å². The minimum atomic E-state index is -4.39. The van der Waals surface area contributed by atoms with Gasteiger partial charge in [0.25, 0.3) is 0 Å². The topological polar surface area (TPSA) is 32.9 Å². The average molecular weight is 177 g/mol. The number of H-pyrrole nitrogens is 1. The molecule has 0 fully saturated rings. The molecular formula is C7H6F3NO. The first-order chi connectivity index (χ1) is 5.41. The van der Waals surface area contributed by atoms with Gasteiger partial charge in [0.05, 0.1) is 5.56 Å². The third-order valence-electron chi connectivity index (χ3n) is 1.44. The summed E-state index contributed by atoms with van der Waals surface area (Å²) >= 11 is 0. The van der Waals surface area contributed by atoms with Gasteiger partial charge in [-0.1, -0.05) is 0 Å². The number of rotatable bonds is 0. The zero-order valence-corrected chi connectivity index (χ0v) is 6.20. The van der Waals surface area contributed by atoms with Gasteiger partial charge in [-0.05, 0) is 12.5 Å². The molecule has 0 radical (unpaired) electrons. The summed E-state index contributed by atoms with van der Waals surface area (Å²) in [5.41, 5.74) is -1.39. The van der Waals surface area contributed by atoms with Crippen molar-refractivity contribution in [3.05, 3.63) is 33.7 Å². The molecule has 1 rings (SSSR count). The van der Waals surface area contributed by atoms with Crippen molar-refractivity contribution in [1.29, 1.82) is 0 Å². The van der Waals surface area contributed by atoms with Crippen LogP contribution in [-0.2, 0) is 6.18 Å². The number of hydrogen-bond acceptors (Lipinski definition) is 1. The van der Waals surface area contributed by atoms with E-state index in [1.165, 1.54) is 6.92 Å². The molecule has 0 atom stereocenters. The van der Waals surface area contributed by atoms with Crippen LogP contribution in [0.1, 0.15) is 11.1 Å². The van der Waals surface area contributed by atoms with E-state index in [1.54, 1.807) is 0 Å². The maximum atomic E-state index is 12.1. The molecular weight excluding hydrogens is 171 g/mol. The van der Waals surface area contributed by atoms with Crippen LogP contribution < -0.4 is 5.56 Å². The Hall–Kier alpha value is -1.26. The Bertz CT molecular complexity index is 339.